The van der Waals surface area contributed by atoms with Gasteiger partial charge in [-0.3, -0.25) is 9.59 Å². The fourth-order valence-corrected chi connectivity index (χ4v) is 3.23. The van der Waals surface area contributed by atoms with Crippen molar-refractivity contribution < 1.29 is 19.4 Å². The van der Waals surface area contributed by atoms with E-state index in [1.807, 2.05) is 60.7 Å². The molecule has 0 saturated carbocycles. The van der Waals surface area contributed by atoms with Gasteiger partial charge in [0.05, 0.1) is 11.5 Å². The molecule has 2 N–H and O–H groups in total. The summed E-state index contributed by atoms with van der Waals surface area (Å²) in [5.74, 6) is 0.400. The van der Waals surface area contributed by atoms with Gasteiger partial charge in [0.2, 0.25) is 0 Å². The van der Waals surface area contributed by atoms with Crippen LogP contribution in [0.4, 0.5) is 0 Å². The van der Waals surface area contributed by atoms with Gasteiger partial charge in [-0.25, -0.2) is 5.43 Å². The molecule has 1 amide bonds. The molecule has 0 atom stereocenters. The number of nitrogens with one attached hydrogen (secondary N) is 1. The molecule has 0 aromatic heterocycles. The molecule has 3 aromatic rings. The first-order valence-corrected chi connectivity index (χ1v) is 10.3. The minimum absolute atomic E-state index is 0.0390. The lowest BCUT2D eigenvalue weighted by Gasteiger charge is -2.08. The number of aliphatic carboxylic acids is 1. The second-order valence-corrected chi connectivity index (χ2v) is 7.18. The highest BCUT2D eigenvalue weighted by Gasteiger charge is 2.09. The Bertz CT molecular complexity index is 1010. The Kier molecular flexibility index (Phi) is 7.63. The van der Waals surface area contributed by atoms with Crippen LogP contribution in [0.15, 0.2) is 90.0 Å². The van der Waals surface area contributed by atoms with E-state index in [4.69, 9.17) is 9.84 Å². The van der Waals surface area contributed by atoms with Crippen molar-refractivity contribution >= 4 is 29.4 Å². The topological polar surface area (TPSA) is 88.0 Å². The van der Waals surface area contributed by atoms with Crippen LogP contribution in [0.25, 0.3) is 0 Å². The van der Waals surface area contributed by atoms with Crippen LogP contribution in [0.3, 0.4) is 0 Å². The van der Waals surface area contributed by atoms with E-state index in [0.717, 1.165) is 5.56 Å². The lowest BCUT2D eigenvalue weighted by atomic mass is 10.1. The van der Waals surface area contributed by atoms with E-state index >= 15 is 0 Å². The van der Waals surface area contributed by atoms with Crippen LogP contribution in [0, 0.1) is 0 Å². The summed E-state index contributed by atoms with van der Waals surface area (Å²) >= 11 is 1.22. The number of carbonyl (C=O) groups is 2. The van der Waals surface area contributed by atoms with E-state index in [9.17, 15) is 9.59 Å². The first-order chi connectivity index (χ1) is 14.6. The zero-order chi connectivity index (χ0) is 21.2. The maximum absolute atomic E-state index is 12.5. The molecule has 0 fully saturated rings. The number of ether oxygens (including phenoxy) is 1. The summed E-state index contributed by atoms with van der Waals surface area (Å²) in [4.78, 5) is 23.2. The third-order valence-corrected chi connectivity index (χ3v) is 4.89. The molecule has 0 radical (unpaired) electrons. The van der Waals surface area contributed by atoms with Gasteiger partial charge in [-0.1, -0.05) is 48.5 Å². The van der Waals surface area contributed by atoms with Gasteiger partial charge in [-0.05, 0) is 42.0 Å². The van der Waals surface area contributed by atoms with Crippen LogP contribution >= 0.6 is 11.8 Å². The molecule has 3 rings (SSSR count). The van der Waals surface area contributed by atoms with E-state index in [2.05, 4.69) is 10.5 Å². The van der Waals surface area contributed by atoms with E-state index in [1.165, 1.54) is 11.8 Å². The van der Waals surface area contributed by atoms with Gasteiger partial charge in [-0.2, -0.15) is 5.10 Å². The zero-order valence-electron chi connectivity index (χ0n) is 16.0. The van der Waals surface area contributed by atoms with Crippen LogP contribution in [0.5, 0.6) is 11.5 Å². The normalized spacial score (nSPS) is 11.0. The summed E-state index contributed by atoms with van der Waals surface area (Å²) in [7, 11) is 0. The highest BCUT2D eigenvalue weighted by Crippen LogP contribution is 2.21. The van der Waals surface area contributed by atoms with Gasteiger partial charge in [-0.15, -0.1) is 11.8 Å². The Morgan fingerprint density at radius 2 is 1.40 bits per heavy atom. The number of amides is 1. The molecule has 0 saturated heterocycles. The van der Waals surface area contributed by atoms with Crippen molar-refractivity contribution in [2.24, 2.45) is 5.10 Å². The number of nitrogens with zero attached hydrogens (tertiary/aromatic N) is 1. The molecule has 0 spiro atoms. The van der Waals surface area contributed by atoms with Gasteiger partial charge in [0.15, 0.2) is 0 Å². The molecule has 152 valence electrons. The summed E-state index contributed by atoms with van der Waals surface area (Å²) in [5.41, 5.74) is 4.41. The third kappa shape index (κ3) is 6.49. The number of carbonyl (C=O) groups excluding carboxylic acids is 1. The van der Waals surface area contributed by atoms with Gasteiger partial charge in [0, 0.05) is 11.3 Å². The summed E-state index contributed by atoms with van der Waals surface area (Å²) in [5, 5.41) is 13.1. The summed E-state index contributed by atoms with van der Waals surface area (Å²) in [6.07, 6.45) is 0. The molecular formula is C23H20N2O4S. The molecule has 0 aliphatic heterocycles. The van der Waals surface area contributed by atoms with Crippen molar-refractivity contribution in [1.82, 2.24) is 5.43 Å². The van der Waals surface area contributed by atoms with Crippen molar-refractivity contribution in [3.63, 3.8) is 0 Å². The van der Waals surface area contributed by atoms with Crippen molar-refractivity contribution in [3.8, 4) is 11.5 Å². The van der Waals surface area contributed by atoms with Gasteiger partial charge >= 0.3 is 5.97 Å². The molecule has 7 heteroatoms. The number of carboxylic acid groups (broad SMARTS) is 1. The molecular weight excluding hydrogens is 400 g/mol. The fourth-order valence-electron chi connectivity index (χ4n) is 2.53. The molecule has 6 nitrogen and oxygen atoms in total. The van der Waals surface area contributed by atoms with Crippen molar-refractivity contribution in [1.29, 1.82) is 0 Å². The maximum Gasteiger partial charge on any atom is 0.313 e. The maximum atomic E-state index is 12.5. The largest absolute Gasteiger partial charge is 0.481 e. The monoisotopic (exact) mass is 420 g/mol. The fraction of sp³-hybridized carbons (Fsp3) is 0.0870. The average molecular weight is 420 g/mol. The molecule has 0 aliphatic carbocycles. The van der Waals surface area contributed by atoms with Crippen LogP contribution in [-0.2, 0) is 4.79 Å². The number of para-hydroxylation sites is 1. The van der Waals surface area contributed by atoms with E-state index in [1.54, 1.807) is 24.3 Å². The first-order valence-electron chi connectivity index (χ1n) is 9.16. The number of rotatable bonds is 9. The minimum Gasteiger partial charge on any atom is -0.481 e. The first kappa shape index (κ1) is 21.1. The second-order valence-electron chi connectivity index (χ2n) is 6.19. The Labute approximate surface area is 178 Å². The van der Waals surface area contributed by atoms with Crippen LogP contribution in [0.2, 0.25) is 0 Å². The minimum atomic E-state index is -0.894. The zero-order valence-corrected chi connectivity index (χ0v) is 16.8. The number of hydrogen-bond donors (Lipinski definition) is 2. The molecule has 0 unspecified atom stereocenters. The predicted octanol–water partition coefficient (Wildman–Crippen LogP) is 4.43. The average Bonchev–Trinajstić information content (AvgIpc) is 2.77. The van der Waals surface area contributed by atoms with Crippen LogP contribution < -0.4 is 10.2 Å². The van der Waals surface area contributed by atoms with Crippen molar-refractivity contribution in [2.75, 3.05) is 11.5 Å². The van der Waals surface area contributed by atoms with Crippen LogP contribution in [0.1, 0.15) is 15.9 Å². The number of benzene rings is 3. The van der Waals surface area contributed by atoms with Crippen molar-refractivity contribution in [3.05, 3.63) is 96.1 Å². The highest BCUT2D eigenvalue weighted by molar-refractivity contribution is 8.00. The third-order valence-electron chi connectivity index (χ3n) is 3.96. The highest BCUT2D eigenvalue weighted by atomic mass is 32.2. The number of carboxylic acids is 1. The Morgan fingerprint density at radius 3 is 2.03 bits per heavy atom. The van der Waals surface area contributed by atoms with Crippen LogP contribution in [-0.4, -0.2) is 34.2 Å². The molecule has 0 heterocycles. The Morgan fingerprint density at radius 1 is 0.800 bits per heavy atom. The summed E-state index contributed by atoms with van der Waals surface area (Å²) < 4.78 is 5.72. The van der Waals surface area contributed by atoms with E-state index in [0.29, 0.717) is 28.5 Å². The Hall–Kier alpha value is -3.58. The number of hydrazone groups is 1. The summed E-state index contributed by atoms with van der Waals surface area (Å²) in [6, 6.07) is 25.4. The molecule has 0 aliphatic rings. The molecule has 3 aromatic carbocycles. The SMILES string of the molecule is O=C(O)CSCC(=NNC(=O)c1ccc(Oc2ccccc2)cc1)c1ccccc1. The predicted molar refractivity (Wildman–Crippen MR) is 118 cm³/mol. The van der Waals surface area contributed by atoms with Gasteiger partial charge in [0.1, 0.15) is 11.5 Å². The number of thioether (sulfide) groups is 1. The quantitative estimate of drug-likeness (QED) is 0.395. The Balaban J connectivity index is 1.66. The molecule has 30 heavy (non-hydrogen) atoms. The standard InChI is InChI=1S/C23H20N2O4S/c26-22(27)16-30-15-21(17-7-3-1-4-8-17)24-25-23(28)18-11-13-20(14-12-18)29-19-9-5-2-6-10-19/h1-14H,15-16H2,(H,25,28)(H,26,27). The van der Waals surface area contributed by atoms with Gasteiger partial charge < -0.3 is 9.84 Å². The van der Waals surface area contributed by atoms with Crippen molar-refractivity contribution in [2.45, 2.75) is 0 Å². The lowest BCUT2D eigenvalue weighted by molar-refractivity contribution is -0.133. The lowest BCUT2D eigenvalue weighted by Crippen LogP contribution is -2.21. The van der Waals surface area contributed by atoms with E-state index in [-0.39, 0.29) is 11.7 Å². The smallest absolute Gasteiger partial charge is 0.313 e. The molecule has 0 bridgehead atoms. The number of hydrogen-bond acceptors (Lipinski definition) is 5. The summed E-state index contributed by atoms with van der Waals surface area (Å²) in [6.45, 7) is 0. The van der Waals surface area contributed by atoms with Gasteiger partial charge in [0.25, 0.3) is 5.91 Å². The van der Waals surface area contributed by atoms with E-state index < -0.39 is 5.97 Å². The second kappa shape index (κ2) is 10.8.